The number of aromatic nitrogens is 2. The van der Waals surface area contributed by atoms with Gasteiger partial charge in [-0.05, 0) is 267 Å². The summed E-state index contributed by atoms with van der Waals surface area (Å²) in [5.74, 6) is 0. The summed E-state index contributed by atoms with van der Waals surface area (Å²) < 4.78 is 7.38. The molecule has 0 aliphatic heterocycles. The van der Waals surface area contributed by atoms with Crippen LogP contribution in [0.1, 0.15) is 0 Å². The van der Waals surface area contributed by atoms with Gasteiger partial charge in [-0.3, -0.25) is 0 Å². The Morgan fingerprint density at radius 3 is 0.779 bits per heavy atom. The van der Waals surface area contributed by atoms with E-state index in [0.29, 0.717) is 0 Å². The number of rotatable bonds is 19. The molecule has 0 aliphatic rings. The molecule has 0 unspecified atom stereocenters. The maximum atomic E-state index is 2.40. The van der Waals surface area contributed by atoms with Crippen molar-refractivity contribution >= 4 is 154 Å². The first-order valence-electron chi connectivity index (χ1n) is 44.7. The van der Waals surface area contributed by atoms with Crippen LogP contribution in [0.15, 0.2) is 522 Å². The lowest BCUT2D eigenvalue weighted by molar-refractivity contribution is 1.18. The number of nitrogens with zero attached hydrogens (tertiary/aromatic N) is 6. The molecule has 0 N–H and O–H groups in total. The first-order valence-corrected chi connectivity index (χ1v) is 45.5. The standard InChI is InChI=1S/C64H43N3S.C60H43N3/c1-3-13-44(14-4-1)46-23-30-52(31-24-46)66(56-37-39-59-58-20-10-12-22-63(58)68-64(59)43-56)53-34-27-48(28-35-53)47-25-32-51(33-26-47)65(50-17-5-2-6-18-50)55-38-40-62-60(42-55)57-19-9-11-21-61(57)67(62)54-36-29-45-15-7-8-16-49(45)41-54;1-5-15-44(16-6-1)46-25-33-52(34-26-46)61(50-19-9-3-10-20-50)53-35-27-48(28-36-53)49-29-37-54(38-30-49)62(51-21-11-4-12-22-51)56-41-42-60-58(43-56)57-23-13-14-24-59(57)63(60)55-39-31-47(32-40-55)45-17-7-2-8-18-45/h1-43H;1-43H. The number of anilines is 12. The Morgan fingerprint density at radius 2 is 0.389 bits per heavy atom. The molecule has 618 valence electrons. The van der Waals surface area contributed by atoms with Crippen molar-refractivity contribution in [3.8, 4) is 67.0 Å². The highest BCUT2D eigenvalue weighted by molar-refractivity contribution is 7.25. The van der Waals surface area contributed by atoms with E-state index in [1.807, 2.05) is 11.3 Å². The van der Waals surface area contributed by atoms with Crippen LogP contribution in [0.3, 0.4) is 0 Å². The van der Waals surface area contributed by atoms with Crippen molar-refractivity contribution < 1.29 is 0 Å². The molecule has 21 aromatic carbocycles. The van der Waals surface area contributed by atoms with Crippen LogP contribution in [-0.4, -0.2) is 9.13 Å². The molecule has 6 nitrogen and oxygen atoms in total. The van der Waals surface area contributed by atoms with Crippen molar-refractivity contribution in [2.24, 2.45) is 0 Å². The van der Waals surface area contributed by atoms with Gasteiger partial charge < -0.3 is 28.7 Å². The fraction of sp³-hybridized carbons (Fsp3) is 0. The molecular formula is C124H86N6S. The van der Waals surface area contributed by atoms with Gasteiger partial charge in [-0.15, -0.1) is 11.3 Å². The molecular weight excluding hydrogens is 1610 g/mol. The van der Waals surface area contributed by atoms with Gasteiger partial charge in [0.15, 0.2) is 0 Å². The third kappa shape index (κ3) is 15.3. The summed E-state index contributed by atoms with van der Waals surface area (Å²) in [6.07, 6.45) is 0. The minimum atomic E-state index is 1.09. The normalized spacial score (nSPS) is 11.4. The van der Waals surface area contributed by atoms with Crippen LogP contribution in [0.4, 0.5) is 68.2 Å². The number of hydrogen-bond donors (Lipinski definition) is 0. The average Bonchev–Trinajstić information content (AvgIpc) is 1.59. The number of fused-ring (bicyclic) bond motifs is 10. The third-order valence-corrected chi connectivity index (χ3v) is 26.5. The van der Waals surface area contributed by atoms with Crippen molar-refractivity contribution in [2.75, 3.05) is 19.6 Å². The molecule has 0 amide bonds. The van der Waals surface area contributed by atoms with Gasteiger partial charge in [-0.1, -0.05) is 322 Å². The maximum Gasteiger partial charge on any atom is 0.0542 e. The maximum absolute atomic E-state index is 2.40. The van der Waals surface area contributed by atoms with Crippen molar-refractivity contribution in [3.63, 3.8) is 0 Å². The van der Waals surface area contributed by atoms with Crippen LogP contribution in [0.25, 0.3) is 142 Å². The van der Waals surface area contributed by atoms with E-state index in [0.717, 1.165) is 102 Å². The summed E-state index contributed by atoms with van der Waals surface area (Å²) in [5, 5.41) is 9.96. The summed E-state index contributed by atoms with van der Waals surface area (Å²) in [6, 6.07) is 188. The van der Waals surface area contributed by atoms with Gasteiger partial charge in [0.25, 0.3) is 0 Å². The van der Waals surface area contributed by atoms with E-state index in [2.05, 4.69) is 550 Å². The molecule has 0 bridgehead atoms. The predicted molar refractivity (Wildman–Crippen MR) is 558 cm³/mol. The second-order valence-corrected chi connectivity index (χ2v) is 34.3. The van der Waals surface area contributed by atoms with E-state index in [9.17, 15) is 0 Å². The highest BCUT2D eigenvalue weighted by Gasteiger charge is 2.24. The van der Waals surface area contributed by atoms with Crippen molar-refractivity contribution in [1.82, 2.24) is 9.13 Å². The zero-order valence-electron chi connectivity index (χ0n) is 71.7. The summed E-state index contributed by atoms with van der Waals surface area (Å²) in [4.78, 5) is 9.41. The van der Waals surface area contributed by atoms with Gasteiger partial charge in [0.1, 0.15) is 0 Å². The topological polar surface area (TPSA) is 22.8 Å². The lowest BCUT2D eigenvalue weighted by Gasteiger charge is -2.26. The van der Waals surface area contributed by atoms with Crippen LogP contribution in [0, 0.1) is 0 Å². The molecule has 131 heavy (non-hydrogen) atoms. The molecule has 24 rings (SSSR count). The molecule has 0 fully saturated rings. The summed E-state index contributed by atoms with van der Waals surface area (Å²) >= 11 is 1.85. The minimum absolute atomic E-state index is 1.09. The van der Waals surface area contributed by atoms with Crippen molar-refractivity contribution in [2.45, 2.75) is 0 Å². The summed E-state index contributed by atoms with van der Waals surface area (Å²) in [6.45, 7) is 0. The Bertz CT molecular complexity index is 8190. The lowest BCUT2D eigenvalue weighted by Crippen LogP contribution is -2.10. The molecule has 0 aliphatic carbocycles. The van der Waals surface area contributed by atoms with Crippen LogP contribution in [0.5, 0.6) is 0 Å². The van der Waals surface area contributed by atoms with E-state index in [1.54, 1.807) is 0 Å². The van der Waals surface area contributed by atoms with Crippen molar-refractivity contribution in [3.05, 3.63) is 522 Å². The quantitative estimate of drug-likeness (QED) is 0.0805. The largest absolute Gasteiger partial charge is 0.311 e. The molecule has 0 radical (unpaired) electrons. The van der Waals surface area contributed by atoms with E-state index in [4.69, 9.17) is 0 Å². The zero-order chi connectivity index (χ0) is 86.9. The molecule has 7 heteroatoms. The van der Waals surface area contributed by atoms with Crippen LogP contribution >= 0.6 is 11.3 Å². The van der Waals surface area contributed by atoms with Crippen LogP contribution < -0.4 is 19.6 Å². The van der Waals surface area contributed by atoms with Crippen molar-refractivity contribution in [1.29, 1.82) is 0 Å². The highest BCUT2D eigenvalue weighted by atomic mass is 32.1. The first kappa shape index (κ1) is 78.6. The number of hydrogen-bond acceptors (Lipinski definition) is 5. The van der Waals surface area contributed by atoms with Crippen LogP contribution in [0.2, 0.25) is 0 Å². The SMILES string of the molecule is c1ccc(-c2ccc(N(c3ccc(-c4ccc(N(c5ccccc5)c5ccc6c(c5)c5ccccc5n6-c5ccc6ccccc6c5)cc4)cc3)c3ccc4c(c3)sc3ccccc34)cc2)cc1.c1ccc(-c2ccc(N(c3ccccc3)c3ccc(-c4ccc(N(c5ccccc5)c5ccc6c(c5)c5ccccc5n6-c5ccc(-c6ccccc6)cc5)cc4)cc3)cc2)cc1. The van der Waals surface area contributed by atoms with Gasteiger partial charge in [-0.2, -0.15) is 0 Å². The lowest BCUT2D eigenvalue weighted by atomic mass is 10.0. The highest BCUT2D eigenvalue weighted by Crippen LogP contribution is 2.47. The Hall–Kier alpha value is -17.1. The zero-order valence-corrected chi connectivity index (χ0v) is 72.6. The molecule has 0 spiro atoms. The molecule has 0 saturated heterocycles. The van der Waals surface area contributed by atoms with Crippen LogP contribution in [-0.2, 0) is 0 Å². The Kier molecular flexibility index (Phi) is 20.8. The monoisotopic (exact) mass is 1690 g/mol. The van der Waals surface area contributed by atoms with Gasteiger partial charge in [0.05, 0.1) is 22.1 Å². The summed E-state index contributed by atoms with van der Waals surface area (Å²) in [5.41, 5.74) is 32.2. The van der Waals surface area contributed by atoms with Gasteiger partial charge in [0.2, 0.25) is 0 Å². The number of para-hydroxylation sites is 5. The van der Waals surface area contributed by atoms with E-state index in [1.165, 1.54) is 108 Å². The Balaban J connectivity index is 0.000000149. The average molecular weight is 1690 g/mol. The molecule has 0 saturated carbocycles. The van der Waals surface area contributed by atoms with E-state index < -0.39 is 0 Å². The first-order chi connectivity index (χ1) is 64.9. The molecule has 3 aromatic heterocycles. The third-order valence-electron chi connectivity index (χ3n) is 25.4. The fourth-order valence-corrected chi connectivity index (χ4v) is 20.1. The van der Waals surface area contributed by atoms with E-state index >= 15 is 0 Å². The molecule has 24 aromatic rings. The van der Waals surface area contributed by atoms with Gasteiger partial charge in [0, 0.05) is 121 Å². The molecule has 0 atom stereocenters. The van der Waals surface area contributed by atoms with E-state index in [-0.39, 0.29) is 0 Å². The van der Waals surface area contributed by atoms with Gasteiger partial charge >= 0.3 is 0 Å². The fourth-order valence-electron chi connectivity index (χ4n) is 19.0. The molecule has 3 heterocycles. The number of benzene rings is 21. The minimum Gasteiger partial charge on any atom is -0.311 e. The second kappa shape index (κ2) is 34.7. The second-order valence-electron chi connectivity index (χ2n) is 33.2. The summed E-state index contributed by atoms with van der Waals surface area (Å²) in [7, 11) is 0. The Labute approximate surface area is 766 Å². The smallest absolute Gasteiger partial charge is 0.0542 e. The Morgan fingerprint density at radius 1 is 0.137 bits per heavy atom. The number of thiophene rings is 1. The predicted octanol–water partition coefficient (Wildman–Crippen LogP) is 35.3. The van der Waals surface area contributed by atoms with Gasteiger partial charge in [-0.25, -0.2) is 0 Å².